The molecule has 14 atom stereocenters. The molecule has 2 rings (SSSR count). The first kappa shape index (κ1) is 36.5. The van der Waals surface area contributed by atoms with Gasteiger partial charge in [0.05, 0.1) is 25.9 Å². The van der Waals surface area contributed by atoms with Gasteiger partial charge >= 0.3 is 0 Å². The van der Waals surface area contributed by atoms with Crippen molar-refractivity contribution in [2.45, 2.75) is 112 Å². The Morgan fingerprint density at radius 3 is 1.93 bits per heavy atom. The van der Waals surface area contributed by atoms with Crippen molar-refractivity contribution in [3.8, 4) is 0 Å². The van der Waals surface area contributed by atoms with Crippen LogP contribution in [0.2, 0.25) is 0 Å². The van der Waals surface area contributed by atoms with E-state index in [2.05, 4.69) is 5.32 Å². The molecule has 0 radical (unpaired) electrons. The summed E-state index contributed by atoms with van der Waals surface area (Å²) in [7, 11) is 0. The number of nitrogens with one attached hydrogen (secondary N) is 1. The molecule has 244 valence electrons. The third-order valence-corrected chi connectivity index (χ3v) is 7.21. The van der Waals surface area contributed by atoms with Gasteiger partial charge in [0.25, 0.3) is 0 Å². The van der Waals surface area contributed by atoms with Crippen LogP contribution in [0.3, 0.4) is 0 Å². The minimum Gasteiger partial charge on any atom is -0.394 e. The fourth-order valence-electron chi connectivity index (χ4n) is 4.66. The minimum atomic E-state index is -1.95. The Labute approximate surface area is 237 Å². The van der Waals surface area contributed by atoms with Crippen molar-refractivity contribution in [2.24, 2.45) is 5.73 Å². The molecule has 2 aliphatic heterocycles. The second-order valence-electron chi connectivity index (χ2n) is 10.3. The van der Waals surface area contributed by atoms with Crippen LogP contribution in [0.1, 0.15) is 25.7 Å². The quantitative estimate of drug-likeness (QED) is 0.0647. The second kappa shape index (κ2) is 18.2. The van der Waals surface area contributed by atoms with E-state index in [-0.39, 0.29) is 6.54 Å². The van der Waals surface area contributed by atoms with Gasteiger partial charge in [-0.25, -0.2) is 0 Å². The summed E-state index contributed by atoms with van der Waals surface area (Å²) >= 11 is 0. The number of rotatable bonds is 18. The van der Waals surface area contributed by atoms with Gasteiger partial charge in [0.1, 0.15) is 67.1 Å². The van der Waals surface area contributed by atoms with Crippen LogP contribution in [-0.2, 0) is 18.9 Å². The average molecular weight is 605 g/mol. The van der Waals surface area contributed by atoms with E-state index in [1.807, 2.05) is 0 Å². The Kier molecular flexibility index (Phi) is 16.2. The maximum Gasteiger partial charge on any atom is 0.187 e. The molecule has 8 unspecified atom stereocenters. The molecule has 0 saturated carbocycles. The Bertz CT molecular complexity index is 710. The summed E-state index contributed by atoms with van der Waals surface area (Å²) in [5, 5.41) is 115. The first-order chi connectivity index (χ1) is 19.5. The van der Waals surface area contributed by atoms with Crippen LogP contribution in [0.25, 0.3) is 0 Å². The van der Waals surface area contributed by atoms with Crippen molar-refractivity contribution in [1.29, 1.82) is 0 Å². The molecule has 0 spiro atoms. The highest BCUT2D eigenvalue weighted by Crippen LogP contribution is 2.30. The first-order valence-corrected chi connectivity index (χ1v) is 13.8. The maximum atomic E-state index is 10.8. The third-order valence-electron chi connectivity index (χ3n) is 7.21. The molecule has 17 nitrogen and oxygen atoms in total. The predicted molar refractivity (Wildman–Crippen MR) is 137 cm³/mol. The predicted octanol–water partition coefficient (Wildman–Crippen LogP) is -6.82. The molecule has 0 aliphatic carbocycles. The lowest BCUT2D eigenvalue weighted by molar-refractivity contribution is -0.367. The highest BCUT2D eigenvalue weighted by atomic mass is 16.7. The fourth-order valence-corrected chi connectivity index (χ4v) is 4.66. The van der Waals surface area contributed by atoms with Gasteiger partial charge in [-0.05, 0) is 25.9 Å². The Hall–Kier alpha value is -0.680. The summed E-state index contributed by atoms with van der Waals surface area (Å²) in [5.74, 6) is 0. The minimum absolute atomic E-state index is 0.0962. The van der Waals surface area contributed by atoms with Gasteiger partial charge in [-0.2, -0.15) is 0 Å². The van der Waals surface area contributed by atoms with Crippen molar-refractivity contribution in [3.05, 3.63) is 0 Å². The van der Waals surface area contributed by atoms with Crippen molar-refractivity contribution in [3.63, 3.8) is 0 Å². The van der Waals surface area contributed by atoms with Crippen molar-refractivity contribution in [2.75, 3.05) is 39.5 Å². The highest BCUT2D eigenvalue weighted by molar-refractivity contribution is 4.95. The van der Waals surface area contributed by atoms with Gasteiger partial charge in [0.2, 0.25) is 0 Å². The molecular weight excluding hydrogens is 556 g/mol. The summed E-state index contributed by atoms with van der Waals surface area (Å²) in [4.78, 5) is 0. The number of hydrogen-bond donors (Lipinski definition) is 13. The Balaban J connectivity index is 2.03. The topological polar surface area (TPSA) is 298 Å². The number of aliphatic hydroxyl groups is 11. The molecule has 14 N–H and O–H groups in total. The van der Waals surface area contributed by atoms with Crippen LogP contribution >= 0.6 is 0 Å². The van der Waals surface area contributed by atoms with Crippen molar-refractivity contribution >= 4 is 0 Å². The third kappa shape index (κ3) is 9.91. The fraction of sp³-hybridized carbons (Fsp3) is 1.00. The molecule has 0 bridgehead atoms. The summed E-state index contributed by atoms with van der Waals surface area (Å²) < 4.78 is 21.7. The van der Waals surface area contributed by atoms with E-state index in [4.69, 9.17) is 24.7 Å². The average Bonchev–Trinajstić information content (AvgIpc) is 2.97. The van der Waals surface area contributed by atoms with E-state index in [1.54, 1.807) is 0 Å². The van der Waals surface area contributed by atoms with E-state index >= 15 is 0 Å². The maximum absolute atomic E-state index is 10.8. The van der Waals surface area contributed by atoms with Gasteiger partial charge in [-0.1, -0.05) is 12.8 Å². The van der Waals surface area contributed by atoms with Crippen molar-refractivity contribution in [1.82, 2.24) is 5.32 Å². The van der Waals surface area contributed by atoms with Crippen molar-refractivity contribution < 1.29 is 75.1 Å². The van der Waals surface area contributed by atoms with Gasteiger partial charge in [0, 0.05) is 6.54 Å². The molecule has 2 fully saturated rings. The van der Waals surface area contributed by atoms with Gasteiger partial charge in [-0.15, -0.1) is 0 Å². The number of nitrogens with two attached hydrogens (primary N) is 1. The normalized spacial score (nSPS) is 37.5. The van der Waals surface area contributed by atoms with Crippen LogP contribution in [0.4, 0.5) is 0 Å². The van der Waals surface area contributed by atoms with Gasteiger partial charge in [-0.3, -0.25) is 0 Å². The molecule has 0 aromatic rings. The van der Waals surface area contributed by atoms with Crippen LogP contribution < -0.4 is 11.1 Å². The van der Waals surface area contributed by atoms with E-state index in [1.165, 1.54) is 0 Å². The lowest BCUT2D eigenvalue weighted by Gasteiger charge is -2.46. The van der Waals surface area contributed by atoms with E-state index in [0.29, 0.717) is 13.1 Å². The van der Waals surface area contributed by atoms with E-state index in [0.717, 1.165) is 25.7 Å². The Morgan fingerprint density at radius 2 is 1.32 bits per heavy atom. The molecule has 2 heterocycles. The highest BCUT2D eigenvalue weighted by Gasteiger charge is 2.51. The van der Waals surface area contributed by atoms with Crippen LogP contribution in [0.15, 0.2) is 0 Å². The summed E-state index contributed by atoms with van der Waals surface area (Å²) in [6.45, 7) is -1.44. The zero-order chi connectivity index (χ0) is 30.7. The van der Waals surface area contributed by atoms with Gasteiger partial charge in [0.15, 0.2) is 12.6 Å². The molecule has 0 amide bonds. The smallest absolute Gasteiger partial charge is 0.187 e. The van der Waals surface area contributed by atoms with Crippen LogP contribution in [-0.4, -0.2) is 181 Å². The van der Waals surface area contributed by atoms with Gasteiger partial charge < -0.3 is 86.2 Å². The lowest BCUT2D eigenvalue weighted by atomic mass is 9.96. The zero-order valence-corrected chi connectivity index (χ0v) is 22.8. The van der Waals surface area contributed by atoms with Crippen LogP contribution in [0.5, 0.6) is 0 Å². The molecule has 0 aromatic carbocycles. The summed E-state index contributed by atoms with van der Waals surface area (Å²) in [6, 6.07) is 0. The van der Waals surface area contributed by atoms with Crippen LogP contribution in [0, 0.1) is 0 Å². The zero-order valence-electron chi connectivity index (χ0n) is 22.8. The monoisotopic (exact) mass is 604 g/mol. The molecule has 41 heavy (non-hydrogen) atoms. The first-order valence-electron chi connectivity index (χ1n) is 13.8. The van der Waals surface area contributed by atoms with E-state index < -0.39 is 106 Å². The Morgan fingerprint density at radius 1 is 0.707 bits per heavy atom. The largest absolute Gasteiger partial charge is 0.394 e. The number of aliphatic hydroxyl groups excluding tert-OH is 11. The second-order valence-corrected chi connectivity index (χ2v) is 10.3. The molecule has 2 saturated heterocycles. The summed E-state index contributed by atoms with van der Waals surface area (Å²) in [6.07, 6.45) is -20.2. The molecular formula is C24H48N2O15. The number of unbranched alkanes of at least 4 members (excludes halogenated alkanes) is 3. The molecule has 0 aromatic heterocycles. The molecule has 2 aliphatic rings. The number of ether oxygens (including phenoxy) is 4. The SMILES string of the molecule is NCCCCCCNC[C@@H](O)C(O)[C@H](OC1OC(CO)[C@@H](OC2OC(CO)[C@@H](O)C(O)[C@@H]2O)C(O)[C@@H]1O)C(O)CO. The molecule has 17 heteroatoms. The van der Waals surface area contributed by atoms with E-state index in [9.17, 15) is 56.2 Å². The standard InChI is InChI=1S/C24H48N2O15/c25-5-3-1-2-4-6-26-7-11(30)15(32)21(12(31)8-27)40-24-20(37)18(35)22(14(10-29)39-24)41-23-19(36)17(34)16(33)13(9-28)38-23/h11-24,26-37H,1-10,25H2/t11-,12?,13?,14?,15?,16-,17?,18?,19+,20+,21-,22-,23?,24?/m1/s1. The summed E-state index contributed by atoms with van der Waals surface area (Å²) in [5.41, 5.74) is 5.45. The lowest BCUT2D eigenvalue weighted by Crippen LogP contribution is -2.65. The number of hydrogen-bond acceptors (Lipinski definition) is 17.